The van der Waals surface area contributed by atoms with Crippen LogP contribution in [-0.2, 0) is 9.57 Å². The average Bonchev–Trinajstić information content (AvgIpc) is 3.18. The lowest BCUT2D eigenvalue weighted by molar-refractivity contribution is 0.125. The van der Waals surface area contributed by atoms with E-state index in [2.05, 4.69) is 98.1 Å². The number of benzene rings is 1. The summed E-state index contributed by atoms with van der Waals surface area (Å²) in [6.07, 6.45) is 15.5. The van der Waals surface area contributed by atoms with Crippen LogP contribution >= 0.6 is 0 Å². The summed E-state index contributed by atoms with van der Waals surface area (Å²) in [6, 6.07) is 6.35. The van der Waals surface area contributed by atoms with E-state index in [1.165, 1.54) is 0 Å². The Bertz CT molecular complexity index is 1210. The molecule has 0 amide bonds. The van der Waals surface area contributed by atoms with Crippen LogP contribution in [0.2, 0.25) is 0 Å². The van der Waals surface area contributed by atoms with Gasteiger partial charge in [0.2, 0.25) is 0 Å². The predicted molar refractivity (Wildman–Crippen MR) is 166 cm³/mol. The number of rotatable bonds is 8. The van der Waals surface area contributed by atoms with E-state index >= 15 is 0 Å². The number of nitrogens with one attached hydrogen (secondary N) is 1. The van der Waals surface area contributed by atoms with Gasteiger partial charge < -0.3 is 24.1 Å². The van der Waals surface area contributed by atoms with Crippen LogP contribution in [0, 0.1) is 0 Å². The van der Waals surface area contributed by atoms with Crippen LogP contribution in [0.5, 0.6) is 5.75 Å². The molecule has 1 aromatic rings. The second-order valence-electron chi connectivity index (χ2n) is 9.58. The first-order valence-electron chi connectivity index (χ1n) is 14.3. The Morgan fingerprint density at radius 1 is 1.25 bits per heavy atom. The molecule has 216 valence electrons. The molecule has 0 fully saturated rings. The number of amidine groups is 1. The van der Waals surface area contributed by atoms with Gasteiger partial charge in [0.15, 0.2) is 0 Å². The van der Waals surface area contributed by atoms with Gasteiger partial charge in [-0.1, -0.05) is 50.8 Å². The van der Waals surface area contributed by atoms with Crippen LogP contribution in [0.4, 0.5) is 5.69 Å². The van der Waals surface area contributed by atoms with Crippen molar-refractivity contribution in [3.8, 4) is 5.75 Å². The van der Waals surface area contributed by atoms with E-state index in [0.717, 1.165) is 51.9 Å². The largest absolute Gasteiger partial charge is 0.497 e. The standard InChI is InChI=1S/C31H40N4O3.C2H6/c1-7-32-31(21-37-20-25-13-11-9-10-12-14-25)35-19-29(23(4)30-17-22(3)33-38-30)34(8-2)28-16-15-26(36-6)18-27(28)24(35)5;1-2/h8-9,11-18,22,24,33H,2,7,10,19-21H2,1,3-6H3;1-2H3/b29-23+,32-31?;. The van der Waals surface area contributed by atoms with Gasteiger partial charge in [0, 0.05) is 29.6 Å². The molecule has 2 heterocycles. The molecule has 0 radical (unpaired) electrons. The molecule has 3 aliphatic rings. The highest BCUT2D eigenvalue weighted by Gasteiger charge is 2.32. The number of allylic oxidation sites excluding steroid dienone is 5. The molecule has 4 rings (SSSR count). The van der Waals surface area contributed by atoms with Crippen molar-refractivity contribution in [1.82, 2.24) is 10.4 Å². The molecule has 0 aromatic heterocycles. The molecular formula is C33H46N4O3. The summed E-state index contributed by atoms with van der Waals surface area (Å²) >= 11 is 0. The topological polar surface area (TPSA) is 58.6 Å². The number of aliphatic imine (C=N–C) groups is 1. The van der Waals surface area contributed by atoms with Crippen molar-refractivity contribution in [2.24, 2.45) is 4.99 Å². The highest BCUT2D eigenvalue weighted by molar-refractivity contribution is 5.85. The van der Waals surface area contributed by atoms with Gasteiger partial charge in [0.05, 0.1) is 38.0 Å². The van der Waals surface area contributed by atoms with Crippen LogP contribution in [0.15, 0.2) is 95.0 Å². The first kappa shape index (κ1) is 31.0. The van der Waals surface area contributed by atoms with Gasteiger partial charge in [-0.3, -0.25) is 4.99 Å². The summed E-state index contributed by atoms with van der Waals surface area (Å²) in [5, 5.41) is 0. The molecule has 1 N–H and O–H groups in total. The van der Waals surface area contributed by atoms with E-state index in [-0.39, 0.29) is 12.1 Å². The van der Waals surface area contributed by atoms with Crippen LogP contribution < -0.4 is 15.1 Å². The SMILES string of the molecule is C=CN1/C(=C(\C)C2=CC(C)NO2)CN(C(COCC2=CC=CCC=C2)=NCC)C(C)c2cc(OC)ccc21.CC. The molecule has 1 aliphatic carbocycles. The lowest BCUT2D eigenvalue weighted by Crippen LogP contribution is -2.38. The maximum Gasteiger partial charge on any atom is 0.149 e. The Balaban J connectivity index is 0.00000216. The summed E-state index contributed by atoms with van der Waals surface area (Å²) in [6.45, 7) is 18.8. The third kappa shape index (κ3) is 7.34. The fraction of sp³-hybridized carbons (Fsp3) is 0.424. The lowest BCUT2D eigenvalue weighted by Gasteiger charge is -2.32. The zero-order valence-corrected chi connectivity index (χ0v) is 25.2. The Hall–Kier alpha value is -3.55. The highest BCUT2D eigenvalue weighted by atomic mass is 16.7. The van der Waals surface area contributed by atoms with E-state index in [1.807, 2.05) is 26.1 Å². The van der Waals surface area contributed by atoms with E-state index in [4.69, 9.17) is 19.3 Å². The Labute approximate surface area is 240 Å². The van der Waals surface area contributed by atoms with Crippen molar-refractivity contribution in [2.75, 3.05) is 38.3 Å². The van der Waals surface area contributed by atoms with E-state index in [9.17, 15) is 0 Å². The molecule has 2 unspecified atom stereocenters. The zero-order chi connectivity index (χ0) is 29.1. The number of fused-ring (bicyclic) bond motifs is 1. The van der Waals surface area contributed by atoms with Gasteiger partial charge in [-0.2, -0.15) is 5.48 Å². The van der Waals surface area contributed by atoms with E-state index < -0.39 is 0 Å². The quantitative estimate of drug-likeness (QED) is 0.280. The molecule has 2 atom stereocenters. The summed E-state index contributed by atoms with van der Waals surface area (Å²) in [7, 11) is 1.70. The second-order valence-corrected chi connectivity index (χ2v) is 9.58. The second kappa shape index (κ2) is 15.3. The molecule has 40 heavy (non-hydrogen) atoms. The predicted octanol–water partition coefficient (Wildman–Crippen LogP) is 7.01. The fourth-order valence-electron chi connectivity index (χ4n) is 4.90. The number of ether oxygens (including phenoxy) is 2. The minimum absolute atomic E-state index is 0.0113. The Morgan fingerprint density at radius 2 is 2.05 bits per heavy atom. The van der Waals surface area contributed by atoms with Gasteiger partial charge in [0.25, 0.3) is 0 Å². The van der Waals surface area contributed by atoms with Gasteiger partial charge >= 0.3 is 0 Å². The summed E-state index contributed by atoms with van der Waals surface area (Å²) < 4.78 is 11.8. The highest BCUT2D eigenvalue weighted by Crippen LogP contribution is 2.40. The number of hydrogen-bond donors (Lipinski definition) is 1. The number of anilines is 1. The van der Waals surface area contributed by atoms with Gasteiger partial charge in [-0.05, 0) is 64.0 Å². The maximum absolute atomic E-state index is 6.23. The smallest absolute Gasteiger partial charge is 0.149 e. The van der Waals surface area contributed by atoms with Crippen molar-refractivity contribution < 1.29 is 14.3 Å². The van der Waals surface area contributed by atoms with E-state index in [0.29, 0.717) is 26.3 Å². The van der Waals surface area contributed by atoms with Crippen molar-refractivity contribution in [3.05, 3.63) is 95.6 Å². The molecule has 0 bridgehead atoms. The normalized spacial score (nSPS) is 21.7. The summed E-state index contributed by atoms with van der Waals surface area (Å²) in [5.74, 6) is 2.55. The minimum Gasteiger partial charge on any atom is -0.497 e. The Morgan fingerprint density at radius 3 is 2.73 bits per heavy atom. The van der Waals surface area contributed by atoms with Crippen molar-refractivity contribution in [1.29, 1.82) is 0 Å². The summed E-state index contributed by atoms with van der Waals surface area (Å²) in [5.41, 5.74) is 8.48. The van der Waals surface area contributed by atoms with Crippen LogP contribution in [0.1, 0.15) is 59.6 Å². The molecular weight excluding hydrogens is 500 g/mol. The number of hydrogen-bond acceptors (Lipinski definition) is 6. The zero-order valence-electron chi connectivity index (χ0n) is 25.2. The lowest BCUT2D eigenvalue weighted by atomic mass is 10.0. The van der Waals surface area contributed by atoms with Crippen molar-refractivity contribution >= 4 is 11.5 Å². The van der Waals surface area contributed by atoms with Gasteiger partial charge in [0.1, 0.15) is 24.0 Å². The first-order chi connectivity index (χ1) is 19.5. The molecule has 0 spiro atoms. The molecule has 0 saturated heterocycles. The van der Waals surface area contributed by atoms with Crippen LogP contribution in [-0.4, -0.2) is 50.2 Å². The van der Waals surface area contributed by atoms with Crippen LogP contribution in [0.25, 0.3) is 0 Å². The molecule has 1 aromatic carbocycles. The third-order valence-electron chi connectivity index (χ3n) is 6.99. The first-order valence-corrected chi connectivity index (χ1v) is 14.3. The fourth-order valence-corrected chi connectivity index (χ4v) is 4.90. The molecule has 7 nitrogen and oxygen atoms in total. The summed E-state index contributed by atoms with van der Waals surface area (Å²) in [4.78, 5) is 15.2. The van der Waals surface area contributed by atoms with Crippen molar-refractivity contribution in [2.45, 2.75) is 60.0 Å². The van der Waals surface area contributed by atoms with Crippen molar-refractivity contribution in [3.63, 3.8) is 0 Å². The monoisotopic (exact) mass is 546 g/mol. The average molecular weight is 547 g/mol. The number of hydroxylamine groups is 1. The molecule has 2 aliphatic heterocycles. The molecule has 7 heteroatoms. The molecule has 0 saturated carbocycles. The third-order valence-corrected chi connectivity index (χ3v) is 6.99. The Kier molecular flexibility index (Phi) is 11.8. The minimum atomic E-state index is 0.0113. The van der Waals surface area contributed by atoms with Crippen LogP contribution in [0.3, 0.4) is 0 Å². The van der Waals surface area contributed by atoms with E-state index in [1.54, 1.807) is 7.11 Å². The van der Waals surface area contributed by atoms with Gasteiger partial charge in [-0.15, -0.1) is 0 Å². The van der Waals surface area contributed by atoms with Gasteiger partial charge in [-0.25, -0.2) is 0 Å². The maximum atomic E-state index is 6.23. The number of nitrogens with zero attached hydrogens (tertiary/aromatic N) is 3. The number of methoxy groups -OCH3 is 1.